The summed E-state index contributed by atoms with van der Waals surface area (Å²) in [4.78, 5) is 16.6. The van der Waals surface area contributed by atoms with Crippen molar-refractivity contribution in [1.29, 1.82) is 0 Å². The molecule has 1 amide bonds. The lowest BCUT2D eigenvalue weighted by Crippen LogP contribution is -2.39. The zero-order chi connectivity index (χ0) is 18.4. The van der Waals surface area contributed by atoms with Crippen LogP contribution in [0.25, 0.3) is 0 Å². The fourth-order valence-corrected chi connectivity index (χ4v) is 2.51. The van der Waals surface area contributed by atoms with Crippen molar-refractivity contribution in [3.8, 4) is 5.75 Å². The van der Waals surface area contributed by atoms with Crippen LogP contribution in [0.5, 0.6) is 5.75 Å². The number of rotatable bonds is 7. The van der Waals surface area contributed by atoms with Gasteiger partial charge in [0.1, 0.15) is 5.75 Å². The Bertz CT molecular complexity index is 698. The summed E-state index contributed by atoms with van der Waals surface area (Å²) in [6.45, 7) is 2.60. The SMILES string of the molecule is COc1ccccc1NC(=O)[C@@H](C)N(C)Cc1ccc(N(C)C)cc1. The van der Waals surface area contributed by atoms with E-state index in [0.29, 0.717) is 18.0 Å². The summed E-state index contributed by atoms with van der Waals surface area (Å²) in [5, 5.41) is 2.94. The van der Waals surface area contributed by atoms with Gasteiger partial charge in [0.2, 0.25) is 5.91 Å². The first-order chi connectivity index (χ1) is 11.9. The van der Waals surface area contributed by atoms with Gasteiger partial charge in [-0.05, 0) is 43.8 Å². The zero-order valence-electron chi connectivity index (χ0n) is 15.6. The van der Waals surface area contributed by atoms with E-state index in [1.807, 2.05) is 57.2 Å². The molecule has 1 atom stereocenters. The van der Waals surface area contributed by atoms with Crippen LogP contribution < -0.4 is 15.0 Å². The minimum absolute atomic E-state index is 0.0584. The van der Waals surface area contributed by atoms with Crippen LogP contribution in [0.15, 0.2) is 48.5 Å². The lowest BCUT2D eigenvalue weighted by atomic mass is 10.1. The number of para-hydroxylation sites is 2. The number of benzene rings is 2. The lowest BCUT2D eigenvalue weighted by molar-refractivity contribution is -0.120. The van der Waals surface area contributed by atoms with E-state index < -0.39 is 0 Å². The summed E-state index contributed by atoms with van der Waals surface area (Å²) >= 11 is 0. The number of ether oxygens (including phenoxy) is 1. The van der Waals surface area contributed by atoms with Gasteiger partial charge in [0.25, 0.3) is 0 Å². The molecule has 1 N–H and O–H groups in total. The van der Waals surface area contributed by atoms with E-state index in [2.05, 4.69) is 34.5 Å². The standard InChI is InChI=1S/C20H27N3O2/c1-15(20(24)21-18-8-6-7-9-19(18)25-5)23(4)14-16-10-12-17(13-11-16)22(2)3/h6-13,15H,14H2,1-5H3,(H,21,24)/t15-/m1/s1. The summed E-state index contributed by atoms with van der Waals surface area (Å²) < 4.78 is 5.28. The number of hydrogen-bond donors (Lipinski definition) is 1. The van der Waals surface area contributed by atoms with Gasteiger partial charge >= 0.3 is 0 Å². The summed E-state index contributed by atoms with van der Waals surface area (Å²) in [7, 11) is 7.58. The molecule has 25 heavy (non-hydrogen) atoms. The van der Waals surface area contributed by atoms with Gasteiger partial charge in [-0.1, -0.05) is 24.3 Å². The van der Waals surface area contributed by atoms with E-state index in [0.717, 1.165) is 5.69 Å². The Morgan fingerprint density at radius 1 is 1.08 bits per heavy atom. The molecule has 0 fully saturated rings. The van der Waals surface area contributed by atoms with Crippen LogP contribution in [0.4, 0.5) is 11.4 Å². The van der Waals surface area contributed by atoms with Crippen LogP contribution in [-0.4, -0.2) is 45.1 Å². The van der Waals surface area contributed by atoms with Crippen molar-refractivity contribution in [2.45, 2.75) is 19.5 Å². The molecule has 0 spiro atoms. The predicted molar refractivity (Wildman–Crippen MR) is 103 cm³/mol. The average molecular weight is 341 g/mol. The predicted octanol–water partition coefficient (Wildman–Crippen LogP) is 3.22. The molecule has 2 aromatic rings. The minimum Gasteiger partial charge on any atom is -0.495 e. The molecule has 5 nitrogen and oxygen atoms in total. The summed E-state index contributed by atoms with van der Waals surface area (Å²) in [5.41, 5.74) is 3.02. The highest BCUT2D eigenvalue weighted by Gasteiger charge is 2.19. The normalized spacial score (nSPS) is 11.9. The van der Waals surface area contributed by atoms with Crippen LogP contribution in [0.2, 0.25) is 0 Å². The van der Waals surface area contributed by atoms with Gasteiger partial charge < -0.3 is 15.0 Å². The number of methoxy groups -OCH3 is 1. The number of anilines is 2. The average Bonchev–Trinajstić information content (AvgIpc) is 2.61. The highest BCUT2D eigenvalue weighted by atomic mass is 16.5. The zero-order valence-corrected chi connectivity index (χ0v) is 15.6. The van der Waals surface area contributed by atoms with E-state index in [4.69, 9.17) is 4.74 Å². The Morgan fingerprint density at radius 3 is 2.32 bits per heavy atom. The molecular formula is C20H27N3O2. The van der Waals surface area contributed by atoms with Crippen molar-refractivity contribution >= 4 is 17.3 Å². The Labute approximate surface area is 150 Å². The Hall–Kier alpha value is -2.53. The van der Waals surface area contributed by atoms with Crippen LogP contribution in [0.3, 0.4) is 0 Å². The molecule has 134 valence electrons. The first kappa shape index (κ1) is 18.8. The molecule has 5 heteroatoms. The summed E-state index contributed by atoms with van der Waals surface area (Å²) in [5.74, 6) is 0.599. The van der Waals surface area contributed by atoms with Crippen molar-refractivity contribution in [2.75, 3.05) is 38.5 Å². The van der Waals surface area contributed by atoms with Crippen molar-refractivity contribution in [1.82, 2.24) is 4.90 Å². The number of carbonyl (C=O) groups excluding carboxylic acids is 1. The number of likely N-dealkylation sites (N-methyl/N-ethyl adjacent to an activating group) is 1. The summed E-state index contributed by atoms with van der Waals surface area (Å²) in [6, 6.07) is 15.5. The van der Waals surface area contributed by atoms with Crippen molar-refractivity contribution < 1.29 is 9.53 Å². The molecule has 0 aliphatic heterocycles. The molecule has 0 aromatic heterocycles. The van der Waals surface area contributed by atoms with Crippen LogP contribution in [0.1, 0.15) is 12.5 Å². The fourth-order valence-electron chi connectivity index (χ4n) is 2.51. The van der Waals surface area contributed by atoms with E-state index >= 15 is 0 Å². The second-order valence-corrected chi connectivity index (χ2v) is 6.34. The third kappa shape index (κ3) is 4.97. The van der Waals surface area contributed by atoms with Crippen LogP contribution in [-0.2, 0) is 11.3 Å². The van der Waals surface area contributed by atoms with Gasteiger partial charge in [-0.15, -0.1) is 0 Å². The second kappa shape index (κ2) is 8.53. The lowest BCUT2D eigenvalue weighted by Gasteiger charge is -2.24. The molecule has 0 saturated carbocycles. The van der Waals surface area contributed by atoms with E-state index in [1.165, 1.54) is 5.56 Å². The largest absolute Gasteiger partial charge is 0.495 e. The molecule has 0 bridgehead atoms. The Kier molecular flexibility index (Phi) is 6.42. The third-order valence-electron chi connectivity index (χ3n) is 4.29. The van der Waals surface area contributed by atoms with Gasteiger partial charge in [-0.25, -0.2) is 0 Å². The van der Waals surface area contributed by atoms with Gasteiger partial charge in [0.05, 0.1) is 18.8 Å². The van der Waals surface area contributed by atoms with Gasteiger partial charge in [0, 0.05) is 26.3 Å². The molecule has 0 unspecified atom stereocenters. The highest BCUT2D eigenvalue weighted by Crippen LogP contribution is 2.23. The highest BCUT2D eigenvalue weighted by molar-refractivity contribution is 5.95. The number of nitrogens with zero attached hydrogens (tertiary/aromatic N) is 2. The maximum atomic E-state index is 12.5. The fraction of sp³-hybridized carbons (Fsp3) is 0.350. The molecular weight excluding hydrogens is 314 g/mol. The monoisotopic (exact) mass is 341 g/mol. The van der Waals surface area contributed by atoms with Gasteiger partial charge in [0.15, 0.2) is 0 Å². The van der Waals surface area contributed by atoms with E-state index in [1.54, 1.807) is 7.11 Å². The molecule has 0 saturated heterocycles. The van der Waals surface area contributed by atoms with Crippen molar-refractivity contribution in [2.24, 2.45) is 0 Å². The number of amides is 1. The molecule has 0 heterocycles. The van der Waals surface area contributed by atoms with E-state index in [-0.39, 0.29) is 11.9 Å². The first-order valence-corrected chi connectivity index (χ1v) is 8.32. The molecule has 0 aliphatic carbocycles. The molecule has 0 radical (unpaired) electrons. The third-order valence-corrected chi connectivity index (χ3v) is 4.29. The van der Waals surface area contributed by atoms with Crippen molar-refractivity contribution in [3.05, 3.63) is 54.1 Å². The maximum Gasteiger partial charge on any atom is 0.241 e. The quantitative estimate of drug-likeness (QED) is 0.840. The minimum atomic E-state index is -0.265. The second-order valence-electron chi connectivity index (χ2n) is 6.34. The summed E-state index contributed by atoms with van der Waals surface area (Å²) in [6.07, 6.45) is 0. The van der Waals surface area contributed by atoms with Gasteiger partial charge in [-0.2, -0.15) is 0 Å². The van der Waals surface area contributed by atoms with Crippen LogP contribution in [0, 0.1) is 0 Å². The molecule has 2 aromatic carbocycles. The molecule has 0 aliphatic rings. The number of hydrogen-bond acceptors (Lipinski definition) is 4. The Morgan fingerprint density at radius 2 is 1.72 bits per heavy atom. The first-order valence-electron chi connectivity index (χ1n) is 8.32. The van der Waals surface area contributed by atoms with E-state index in [9.17, 15) is 4.79 Å². The number of nitrogens with one attached hydrogen (secondary N) is 1. The number of carbonyl (C=O) groups is 1. The van der Waals surface area contributed by atoms with Crippen LogP contribution >= 0.6 is 0 Å². The maximum absolute atomic E-state index is 12.5. The molecule has 2 rings (SSSR count). The topological polar surface area (TPSA) is 44.8 Å². The van der Waals surface area contributed by atoms with Crippen molar-refractivity contribution in [3.63, 3.8) is 0 Å². The smallest absolute Gasteiger partial charge is 0.241 e. The van der Waals surface area contributed by atoms with Gasteiger partial charge in [-0.3, -0.25) is 9.69 Å². The Balaban J connectivity index is 1.98.